The molecule has 0 aliphatic heterocycles. The average molecular weight is 599 g/mol. The molecule has 4 amide bonds. The Kier molecular flexibility index (Phi) is 14.9. The number of nitrogens with one attached hydrogen (secondary N) is 3. The molecule has 0 fully saturated rings. The van der Waals surface area contributed by atoms with Gasteiger partial charge in [0.25, 0.3) is 0 Å². The molecular formula is C29H42N8O4S. The fourth-order valence-corrected chi connectivity index (χ4v) is 4.60. The SMILES string of the molecule is CSCC[C@H](NC(=O)[C@@H](N)Cc1ccccc1)C(=O)N[C@H](CCCN=C(N)N)C(=O)N[C@H](Cc1ccccc1)C(N)=O. The highest BCUT2D eigenvalue weighted by Gasteiger charge is 2.30. The normalized spacial score (nSPS) is 13.6. The molecule has 0 bridgehead atoms. The Bertz CT molecular complexity index is 1180. The van der Waals surface area contributed by atoms with E-state index in [0.29, 0.717) is 25.0 Å². The van der Waals surface area contributed by atoms with Gasteiger partial charge in [-0.1, -0.05) is 60.7 Å². The van der Waals surface area contributed by atoms with Crippen molar-refractivity contribution in [1.29, 1.82) is 0 Å². The number of guanidine groups is 1. The molecule has 2 aromatic rings. The number of rotatable bonds is 18. The van der Waals surface area contributed by atoms with E-state index >= 15 is 0 Å². The van der Waals surface area contributed by atoms with Gasteiger partial charge in [0.05, 0.1) is 6.04 Å². The number of nitrogens with two attached hydrogens (primary N) is 4. The Labute approximate surface area is 250 Å². The van der Waals surface area contributed by atoms with E-state index in [9.17, 15) is 19.2 Å². The number of hydrogen-bond acceptors (Lipinski definition) is 7. The fourth-order valence-electron chi connectivity index (χ4n) is 4.13. The summed E-state index contributed by atoms with van der Waals surface area (Å²) in [6.07, 6.45) is 3.21. The predicted molar refractivity (Wildman–Crippen MR) is 166 cm³/mol. The zero-order valence-electron chi connectivity index (χ0n) is 23.8. The molecule has 2 aromatic carbocycles. The van der Waals surface area contributed by atoms with Crippen molar-refractivity contribution in [3.8, 4) is 0 Å². The Morgan fingerprint density at radius 3 is 1.76 bits per heavy atom. The minimum absolute atomic E-state index is 0.0941. The molecule has 0 spiro atoms. The summed E-state index contributed by atoms with van der Waals surface area (Å²) in [6, 6.07) is 14.6. The van der Waals surface area contributed by atoms with Crippen LogP contribution in [0, 0.1) is 0 Å². The monoisotopic (exact) mass is 598 g/mol. The third-order valence-corrected chi connectivity index (χ3v) is 7.04. The van der Waals surface area contributed by atoms with Crippen LogP contribution in [0.4, 0.5) is 0 Å². The number of thioether (sulfide) groups is 1. The molecule has 4 atom stereocenters. The topological polar surface area (TPSA) is 221 Å². The number of primary amides is 1. The summed E-state index contributed by atoms with van der Waals surface area (Å²) < 4.78 is 0. The second-order valence-electron chi connectivity index (χ2n) is 9.80. The van der Waals surface area contributed by atoms with Gasteiger partial charge in [-0.25, -0.2) is 0 Å². The van der Waals surface area contributed by atoms with Gasteiger partial charge in [-0.15, -0.1) is 0 Å². The van der Waals surface area contributed by atoms with Crippen molar-refractivity contribution in [1.82, 2.24) is 16.0 Å². The molecule has 11 N–H and O–H groups in total. The molecule has 0 unspecified atom stereocenters. The van der Waals surface area contributed by atoms with Crippen LogP contribution in [0.15, 0.2) is 65.7 Å². The number of nitrogens with zero attached hydrogens (tertiary/aromatic N) is 1. The summed E-state index contributed by atoms with van der Waals surface area (Å²) in [5, 5.41) is 8.14. The highest BCUT2D eigenvalue weighted by Crippen LogP contribution is 2.08. The molecular weight excluding hydrogens is 556 g/mol. The van der Waals surface area contributed by atoms with Crippen molar-refractivity contribution < 1.29 is 19.2 Å². The van der Waals surface area contributed by atoms with Gasteiger partial charge in [-0.3, -0.25) is 24.2 Å². The predicted octanol–water partition coefficient (Wildman–Crippen LogP) is -0.454. The van der Waals surface area contributed by atoms with Crippen LogP contribution >= 0.6 is 11.8 Å². The average Bonchev–Trinajstić information content (AvgIpc) is 2.96. The van der Waals surface area contributed by atoms with Crippen molar-refractivity contribution in [3.05, 3.63) is 71.8 Å². The highest BCUT2D eigenvalue weighted by molar-refractivity contribution is 7.98. The van der Waals surface area contributed by atoms with Crippen LogP contribution < -0.4 is 38.9 Å². The van der Waals surface area contributed by atoms with Crippen LogP contribution in [0.2, 0.25) is 0 Å². The second kappa shape index (κ2) is 18.4. The van der Waals surface area contributed by atoms with Gasteiger partial charge in [0, 0.05) is 13.0 Å². The Morgan fingerprint density at radius 2 is 1.24 bits per heavy atom. The number of carbonyl (C=O) groups excluding carboxylic acids is 4. The van der Waals surface area contributed by atoms with Gasteiger partial charge in [-0.2, -0.15) is 11.8 Å². The first kappa shape index (κ1) is 34.1. The summed E-state index contributed by atoms with van der Waals surface area (Å²) in [5.41, 5.74) is 24.2. The van der Waals surface area contributed by atoms with Crippen LogP contribution in [-0.4, -0.2) is 72.3 Å². The minimum Gasteiger partial charge on any atom is -0.370 e. The van der Waals surface area contributed by atoms with Gasteiger partial charge in [-0.05, 0) is 48.8 Å². The van der Waals surface area contributed by atoms with E-state index in [1.165, 1.54) is 11.8 Å². The smallest absolute Gasteiger partial charge is 0.243 e. The first-order chi connectivity index (χ1) is 20.1. The number of hydrogen-bond donors (Lipinski definition) is 7. The largest absolute Gasteiger partial charge is 0.370 e. The lowest BCUT2D eigenvalue weighted by Gasteiger charge is -2.25. The van der Waals surface area contributed by atoms with Crippen LogP contribution in [-0.2, 0) is 32.0 Å². The van der Waals surface area contributed by atoms with Crippen LogP contribution in [0.25, 0.3) is 0 Å². The quantitative estimate of drug-likeness (QED) is 0.0674. The molecule has 0 radical (unpaired) electrons. The molecule has 0 aromatic heterocycles. The molecule has 0 aliphatic rings. The van der Waals surface area contributed by atoms with Crippen LogP contribution in [0.1, 0.15) is 30.4 Å². The minimum atomic E-state index is -1.05. The number of carbonyl (C=O) groups is 4. The summed E-state index contributed by atoms with van der Waals surface area (Å²) in [5.74, 6) is -1.85. The number of benzene rings is 2. The third-order valence-electron chi connectivity index (χ3n) is 6.40. The van der Waals surface area contributed by atoms with Gasteiger partial charge >= 0.3 is 0 Å². The zero-order valence-corrected chi connectivity index (χ0v) is 24.6. The van der Waals surface area contributed by atoms with Crippen LogP contribution in [0.3, 0.4) is 0 Å². The molecule has 2 rings (SSSR count). The summed E-state index contributed by atoms with van der Waals surface area (Å²) in [7, 11) is 0. The van der Waals surface area contributed by atoms with Crippen molar-refractivity contribution in [3.63, 3.8) is 0 Å². The van der Waals surface area contributed by atoms with Gasteiger partial charge < -0.3 is 38.9 Å². The molecule has 42 heavy (non-hydrogen) atoms. The van der Waals surface area contributed by atoms with Gasteiger partial charge in [0.15, 0.2) is 5.96 Å². The van der Waals surface area contributed by atoms with E-state index in [-0.39, 0.29) is 25.3 Å². The first-order valence-electron chi connectivity index (χ1n) is 13.7. The van der Waals surface area contributed by atoms with E-state index in [4.69, 9.17) is 22.9 Å². The van der Waals surface area contributed by atoms with Crippen molar-refractivity contribution in [2.75, 3.05) is 18.6 Å². The summed E-state index contributed by atoms with van der Waals surface area (Å²) >= 11 is 1.51. The van der Waals surface area contributed by atoms with E-state index in [1.807, 2.05) is 66.9 Å². The first-order valence-corrected chi connectivity index (χ1v) is 15.1. The maximum absolute atomic E-state index is 13.4. The number of amides is 4. The second-order valence-corrected chi connectivity index (χ2v) is 10.8. The Hall–Kier alpha value is -4.10. The molecule has 13 heteroatoms. The number of aliphatic imine (C=N–C) groups is 1. The van der Waals surface area contributed by atoms with Gasteiger partial charge in [0.1, 0.15) is 18.1 Å². The van der Waals surface area contributed by atoms with E-state index in [0.717, 1.165) is 11.1 Å². The molecule has 12 nitrogen and oxygen atoms in total. The molecule has 0 saturated heterocycles. The lowest BCUT2D eigenvalue weighted by Crippen LogP contribution is -2.58. The van der Waals surface area contributed by atoms with Crippen molar-refractivity contribution in [2.24, 2.45) is 27.9 Å². The van der Waals surface area contributed by atoms with Crippen LogP contribution in [0.5, 0.6) is 0 Å². The maximum Gasteiger partial charge on any atom is 0.243 e. The lowest BCUT2D eigenvalue weighted by molar-refractivity contribution is -0.133. The van der Waals surface area contributed by atoms with Gasteiger partial charge in [0.2, 0.25) is 23.6 Å². The molecule has 0 aliphatic carbocycles. The molecule has 0 heterocycles. The molecule has 228 valence electrons. The van der Waals surface area contributed by atoms with Crippen molar-refractivity contribution in [2.45, 2.75) is 56.3 Å². The Morgan fingerprint density at radius 1 is 0.738 bits per heavy atom. The standard InChI is InChI=1S/C29H42N8O4S/c1-42-16-14-23(35-26(39)21(30)17-19-9-4-2-5-10-19)28(41)36-22(13-8-15-34-29(32)33)27(40)37-24(25(31)38)18-20-11-6-3-7-12-20/h2-7,9-12,21-24H,8,13-18,30H2,1H3,(H2,31,38)(H,35,39)(H,36,41)(H,37,40)(H4,32,33,34)/t21-,22+,23-,24+/m0/s1. The Balaban J connectivity index is 2.15. The molecule has 0 saturated carbocycles. The third kappa shape index (κ3) is 12.6. The van der Waals surface area contributed by atoms with E-state index in [2.05, 4.69) is 20.9 Å². The van der Waals surface area contributed by atoms with E-state index in [1.54, 1.807) is 0 Å². The fraction of sp³-hybridized carbons (Fsp3) is 0.414. The summed E-state index contributed by atoms with van der Waals surface area (Å²) in [6.45, 7) is 0.228. The highest BCUT2D eigenvalue weighted by atomic mass is 32.2. The van der Waals surface area contributed by atoms with E-state index < -0.39 is 47.8 Å². The lowest BCUT2D eigenvalue weighted by atomic mass is 10.0. The maximum atomic E-state index is 13.4. The zero-order chi connectivity index (χ0) is 30.9. The van der Waals surface area contributed by atoms with Crippen molar-refractivity contribution >= 4 is 41.4 Å². The summed E-state index contributed by atoms with van der Waals surface area (Å²) in [4.78, 5) is 55.8.